The van der Waals surface area contributed by atoms with Crippen LogP contribution >= 0.6 is 0 Å². The molecule has 0 bridgehead atoms. The van der Waals surface area contributed by atoms with Crippen LogP contribution in [0.5, 0.6) is 0 Å². The number of aromatic nitrogens is 4. The summed E-state index contributed by atoms with van der Waals surface area (Å²) in [6, 6.07) is 20.8. The lowest BCUT2D eigenvalue weighted by molar-refractivity contribution is 0.0708. The van der Waals surface area contributed by atoms with Crippen molar-refractivity contribution in [1.29, 1.82) is 0 Å². The number of ether oxygens (including phenoxy) is 2. The molecule has 0 aliphatic heterocycles. The molecule has 278 valence electrons. The summed E-state index contributed by atoms with van der Waals surface area (Å²) in [7, 11) is 0. The number of hydrogen-bond donors (Lipinski definition) is 0. The Morgan fingerprint density at radius 3 is 1.24 bits per heavy atom. The standard InChI is InChI=1S/C23H34N2O.C22H32N2O/c1-2-3-4-5-6-7-8-12-19-26-23(20-25-18-17-24-21-25)16-15-22-13-10-9-11-14-22;1-2-3-4-5-6-7-11-18-25-22(19-24-17-16-23-20-24)15-14-21-12-9-8-10-13-21/h9-11,13-18,21,23H,2-8,12,19-20H2,1H3;8-10,12-17,20,22H,2-7,11,18-19H2,1H3/b16-15+;15-14+. The van der Waals surface area contributed by atoms with E-state index in [0.717, 1.165) is 39.1 Å². The minimum absolute atomic E-state index is 0.0777. The SMILES string of the molecule is CCCCCCCCCCOC(/C=C/c1ccccc1)Cn1ccnc1.CCCCCCCCCOC(/C=C/c1ccccc1)Cn1ccnc1. The fraction of sp³-hybridized carbons (Fsp3) is 0.511. The minimum Gasteiger partial charge on any atom is -0.372 e. The minimum atomic E-state index is 0.0777. The summed E-state index contributed by atoms with van der Waals surface area (Å²) in [5.74, 6) is 0. The number of unbranched alkanes of at least 4 members (excludes halogenated alkanes) is 13. The van der Waals surface area contributed by atoms with Crippen LogP contribution in [-0.2, 0) is 22.6 Å². The van der Waals surface area contributed by atoms with Crippen molar-refractivity contribution in [2.24, 2.45) is 0 Å². The lowest BCUT2D eigenvalue weighted by atomic mass is 10.1. The molecule has 0 spiro atoms. The summed E-state index contributed by atoms with van der Waals surface area (Å²) in [5, 5.41) is 0. The molecule has 2 aromatic heterocycles. The third kappa shape index (κ3) is 21.3. The third-order valence-electron chi connectivity index (χ3n) is 8.92. The van der Waals surface area contributed by atoms with Gasteiger partial charge in [-0.3, -0.25) is 0 Å². The summed E-state index contributed by atoms with van der Waals surface area (Å²) in [5.41, 5.74) is 2.41. The predicted octanol–water partition coefficient (Wildman–Crippen LogP) is 11.9. The van der Waals surface area contributed by atoms with Gasteiger partial charge in [-0.05, 0) is 24.0 Å². The lowest BCUT2D eigenvalue weighted by Gasteiger charge is -2.15. The van der Waals surface area contributed by atoms with Gasteiger partial charge in [-0.2, -0.15) is 0 Å². The van der Waals surface area contributed by atoms with E-state index in [0.29, 0.717) is 0 Å². The van der Waals surface area contributed by atoms with Crippen LogP contribution in [0.15, 0.2) is 110 Å². The molecule has 0 aliphatic rings. The fourth-order valence-electron chi connectivity index (χ4n) is 5.87. The van der Waals surface area contributed by atoms with Crippen molar-refractivity contribution in [3.8, 4) is 0 Å². The van der Waals surface area contributed by atoms with Crippen LogP contribution in [0.4, 0.5) is 0 Å². The van der Waals surface area contributed by atoms with Gasteiger partial charge in [0.05, 0.1) is 38.0 Å². The fourth-order valence-corrected chi connectivity index (χ4v) is 5.87. The Bertz CT molecular complexity index is 1350. The smallest absolute Gasteiger partial charge is 0.0946 e. The van der Waals surface area contributed by atoms with Crippen molar-refractivity contribution < 1.29 is 9.47 Å². The topological polar surface area (TPSA) is 54.1 Å². The van der Waals surface area contributed by atoms with Gasteiger partial charge in [0.2, 0.25) is 0 Å². The molecule has 0 saturated carbocycles. The molecule has 2 unspecified atom stereocenters. The molecule has 51 heavy (non-hydrogen) atoms. The summed E-state index contributed by atoms with van der Waals surface area (Å²) in [6.45, 7) is 7.79. The van der Waals surface area contributed by atoms with Gasteiger partial charge >= 0.3 is 0 Å². The highest BCUT2D eigenvalue weighted by atomic mass is 16.5. The van der Waals surface area contributed by atoms with Gasteiger partial charge in [0.25, 0.3) is 0 Å². The van der Waals surface area contributed by atoms with E-state index in [-0.39, 0.29) is 12.2 Å². The van der Waals surface area contributed by atoms with Crippen LogP contribution in [0.25, 0.3) is 12.2 Å². The van der Waals surface area contributed by atoms with E-state index in [4.69, 9.17) is 9.47 Å². The van der Waals surface area contributed by atoms with E-state index in [2.05, 4.69) is 106 Å². The average molecular weight is 695 g/mol. The Labute approximate surface area is 310 Å². The molecule has 2 aromatic carbocycles. The van der Waals surface area contributed by atoms with Gasteiger partial charge in [0.1, 0.15) is 0 Å². The largest absolute Gasteiger partial charge is 0.372 e. The maximum atomic E-state index is 6.15. The zero-order valence-electron chi connectivity index (χ0n) is 31.7. The first kappa shape index (κ1) is 41.7. The van der Waals surface area contributed by atoms with Crippen molar-refractivity contribution in [3.05, 3.63) is 121 Å². The maximum absolute atomic E-state index is 6.15. The van der Waals surface area contributed by atoms with Crippen LogP contribution in [0.3, 0.4) is 0 Å². The normalized spacial score (nSPS) is 12.7. The molecule has 0 amide bonds. The number of rotatable bonds is 27. The highest BCUT2D eigenvalue weighted by Gasteiger charge is 2.07. The van der Waals surface area contributed by atoms with Crippen LogP contribution in [0.1, 0.15) is 121 Å². The Morgan fingerprint density at radius 1 is 0.510 bits per heavy atom. The van der Waals surface area contributed by atoms with Crippen molar-refractivity contribution >= 4 is 12.2 Å². The highest BCUT2D eigenvalue weighted by Crippen LogP contribution is 2.12. The lowest BCUT2D eigenvalue weighted by Crippen LogP contribution is -2.17. The molecule has 6 heteroatoms. The molecule has 2 heterocycles. The first-order valence-electron chi connectivity index (χ1n) is 19.9. The van der Waals surface area contributed by atoms with Gasteiger partial charge in [-0.1, -0.05) is 182 Å². The number of imidazole rings is 2. The summed E-state index contributed by atoms with van der Waals surface area (Å²) < 4.78 is 16.4. The predicted molar refractivity (Wildman–Crippen MR) is 215 cm³/mol. The van der Waals surface area contributed by atoms with E-state index >= 15 is 0 Å². The van der Waals surface area contributed by atoms with Crippen LogP contribution < -0.4 is 0 Å². The zero-order chi connectivity index (χ0) is 35.9. The molecule has 4 rings (SSSR count). The second-order valence-corrected chi connectivity index (χ2v) is 13.5. The summed E-state index contributed by atoms with van der Waals surface area (Å²) >= 11 is 0. The second kappa shape index (κ2) is 28.9. The van der Waals surface area contributed by atoms with Gasteiger partial charge in [0.15, 0.2) is 0 Å². The highest BCUT2D eigenvalue weighted by molar-refractivity contribution is 5.49. The first-order chi connectivity index (χ1) is 25.3. The Hall–Kier alpha value is -3.74. The first-order valence-corrected chi connectivity index (χ1v) is 19.9. The Kier molecular flexibility index (Phi) is 23.6. The van der Waals surface area contributed by atoms with Crippen molar-refractivity contribution in [2.75, 3.05) is 13.2 Å². The van der Waals surface area contributed by atoms with E-state index in [1.165, 1.54) is 94.6 Å². The Balaban J connectivity index is 0.000000276. The van der Waals surface area contributed by atoms with E-state index in [9.17, 15) is 0 Å². The van der Waals surface area contributed by atoms with Crippen molar-refractivity contribution in [3.63, 3.8) is 0 Å². The van der Waals surface area contributed by atoms with Gasteiger partial charge in [0, 0.05) is 38.0 Å². The average Bonchev–Trinajstić information content (AvgIpc) is 3.89. The maximum Gasteiger partial charge on any atom is 0.0946 e. The zero-order valence-corrected chi connectivity index (χ0v) is 31.7. The van der Waals surface area contributed by atoms with E-state index < -0.39 is 0 Å². The molecule has 4 aromatic rings. The monoisotopic (exact) mass is 695 g/mol. The van der Waals surface area contributed by atoms with Gasteiger partial charge < -0.3 is 18.6 Å². The molecule has 2 atom stereocenters. The van der Waals surface area contributed by atoms with Crippen molar-refractivity contribution in [1.82, 2.24) is 19.1 Å². The molecule has 0 fully saturated rings. The summed E-state index contributed by atoms with van der Waals surface area (Å²) in [6.07, 6.45) is 39.8. The molecule has 6 nitrogen and oxygen atoms in total. The molecule has 0 saturated heterocycles. The molecule has 0 radical (unpaired) electrons. The summed E-state index contributed by atoms with van der Waals surface area (Å²) in [4.78, 5) is 8.25. The van der Waals surface area contributed by atoms with E-state index in [1.807, 2.05) is 49.6 Å². The number of nitrogens with zero attached hydrogens (tertiary/aromatic N) is 4. The van der Waals surface area contributed by atoms with Gasteiger partial charge in [-0.15, -0.1) is 0 Å². The third-order valence-corrected chi connectivity index (χ3v) is 8.92. The van der Waals surface area contributed by atoms with Crippen molar-refractivity contribution in [2.45, 2.75) is 135 Å². The number of benzene rings is 2. The molecule has 0 N–H and O–H groups in total. The van der Waals surface area contributed by atoms with Crippen LogP contribution in [-0.4, -0.2) is 44.5 Å². The Morgan fingerprint density at radius 2 is 0.882 bits per heavy atom. The van der Waals surface area contributed by atoms with Gasteiger partial charge in [-0.25, -0.2) is 9.97 Å². The van der Waals surface area contributed by atoms with Crippen LogP contribution in [0.2, 0.25) is 0 Å². The van der Waals surface area contributed by atoms with E-state index in [1.54, 1.807) is 0 Å². The molecular weight excluding hydrogens is 629 g/mol. The number of hydrogen-bond acceptors (Lipinski definition) is 4. The quantitative estimate of drug-likeness (QED) is 0.0583. The second-order valence-electron chi connectivity index (χ2n) is 13.5. The molecule has 0 aliphatic carbocycles. The molecular formula is C45H66N4O2. The van der Waals surface area contributed by atoms with Crippen LogP contribution in [0, 0.1) is 0 Å².